The van der Waals surface area contributed by atoms with E-state index in [4.69, 9.17) is 5.21 Å². The van der Waals surface area contributed by atoms with Gasteiger partial charge in [0, 0.05) is 6.07 Å². The summed E-state index contributed by atoms with van der Waals surface area (Å²) in [4.78, 5) is 0. The molecule has 0 saturated carbocycles. The Balaban J connectivity index is 2.20. The Bertz CT molecular complexity index is 704. The van der Waals surface area contributed by atoms with E-state index in [1.165, 1.54) is 12.1 Å². The first-order chi connectivity index (χ1) is 11.5. The van der Waals surface area contributed by atoms with Crippen LogP contribution >= 0.6 is 0 Å². The van der Waals surface area contributed by atoms with Gasteiger partial charge < -0.3 is 10.4 Å². The van der Waals surface area contributed by atoms with Crippen LogP contribution in [-0.4, -0.2) is 16.6 Å². The second kappa shape index (κ2) is 8.50. The molecular formula is C16H20N4O4. The Labute approximate surface area is 139 Å². The predicted molar refractivity (Wildman–Crippen MR) is 89.6 cm³/mol. The highest BCUT2D eigenvalue weighted by atomic mass is 16.8. The van der Waals surface area contributed by atoms with Gasteiger partial charge in [-0.1, -0.05) is 37.6 Å². The van der Waals surface area contributed by atoms with Crippen molar-refractivity contribution >= 4 is 23.3 Å². The standard InChI is InChI=1S/C16H20N4O4/c1-2-5-12-6-3-4-7-13(12)11-17-18-15-9-8-14(19(21)22)10-16(15)20(23)24/h3-4,6-11,18-21,23H,2,5H2,1H3. The smallest absolute Gasteiger partial charge is 0.195 e. The average molecular weight is 332 g/mol. The number of hydrogen-bond acceptors (Lipinski definition) is 6. The minimum Gasteiger partial charge on any atom is -0.595 e. The molecular weight excluding hydrogens is 312 g/mol. The molecule has 0 saturated heterocycles. The largest absolute Gasteiger partial charge is 0.595 e. The third-order valence-corrected chi connectivity index (χ3v) is 3.46. The Morgan fingerprint density at radius 1 is 1.12 bits per heavy atom. The van der Waals surface area contributed by atoms with Gasteiger partial charge in [0.1, 0.15) is 5.69 Å². The third-order valence-electron chi connectivity index (χ3n) is 3.46. The van der Waals surface area contributed by atoms with Crippen molar-refractivity contribution in [1.29, 1.82) is 0 Å². The number of nitrogens with zero attached hydrogens (tertiary/aromatic N) is 1. The van der Waals surface area contributed by atoms with Crippen molar-refractivity contribution < 1.29 is 20.9 Å². The molecule has 0 heterocycles. The molecule has 8 heteroatoms. The minimum absolute atomic E-state index is 0.0878. The van der Waals surface area contributed by atoms with Crippen molar-refractivity contribution in [1.82, 2.24) is 0 Å². The third kappa shape index (κ3) is 4.59. The summed E-state index contributed by atoms with van der Waals surface area (Å²) in [5.74, 6) is 0. The summed E-state index contributed by atoms with van der Waals surface area (Å²) in [6.07, 6.45) is 3.57. The number of hydrogen-bond donors (Lipinski definition) is 5. The van der Waals surface area contributed by atoms with Gasteiger partial charge in [-0.25, -0.2) is 10.4 Å². The zero-order chi connectivity index (χ0) is 17.5. The summed E-state index contributed by atoms with van der Waals surface area (Å²) in [6, 6.07) is 11.7. The van der Waals surface area contributed by atoms with E-state index >= 15 is 0 Å². The number of rotatable bonds is 7. The molecule has 2 aromatic rings. The number of quaternary nitrogens is 2. The lowest BCUT2D eigenvalue weighted by atomic mass is 10.0. The molecule has 0 spiro atoms. The summed E-state index contributed by atoms with van der Waals surface area (Å²) in [6.45, 7) is 2.09. The molecule has 0 aliphatic rings. The summed E-state index contributed by atoms with van der Waals surface area (Å²) < 4.78 is 0. The van der Waals surface area contributed by atoms with Crippen molar-refractivity contribution in [2.24, 2.45) is 5.10 Å². The zero-order valence-corrected chi connectivity index (χ0v) is 13.2. The van der Waals surface area contributed by atoms with Gasteiger partial charge in [-0.05, 0) is 23.6 Å². The van der Waals surface area contributed by atoms with Crippen molar-refractivity contribution in [3.8, 4) is 0 Å². The minimum atomic E-state index is -1.22. The van der Waals surface area contributed by atoms with E-state index in [1.807, 2.05) is 24.3 Å². The topological polar surface area (TPSA) is 120 Å². The highest BCUT2D eigenvalue weighted by Crippen LogP contribution is 2.20. The van der Waals surface area contributed by atoms with E-state index in [0.717, 1.165) is 30.0 Å². The van der Waals surface area contributed by atoms with Crippen LogP contribution in [0.1, 0.15) is 24.5 Å². The molecule has 2 rings (SSSR count). The second-order valence-electron chi connectivity index (χ2n) is 5.19. The van der Waals surface area contributed by atoms with E-state index in [9.17, 15) is 15.6 Å². The summed E-state index contributed by atoms with van der Waals surface area (Å²) >= 11 is 0. The van der Waals surface area contributed by atoms with Crippen LogP contribution in [0.15, 0.2) is 47.6 Å². The predicted octanol–water partition coefficient (Wildman–Crippen LogP) is 0.892. The fourth-order valence-electron chi connectivity index (χ4n) is 2.28. The lowest BCUT2D eigenvalue weighted by molar-refractivity contribution is -0.996. The van der Waals surface area contributed by atoms with E-state index in [1.54, 1.807) is 6.21 Å². The number of benzene rings is 2. The summed E-state index contributed by atoms with van der Waals surface area (Å²) in [7, 11) is 0. The molecule has 0 aromatic heterocycles. The summed E-state index contributed by atoms with van der Waals surface area (Å²) in [5, 5.41) is 42.1. The first kappa shape index (κ1) is 18.0. The van der Waals surface area contributed by atoms with Crippen LogP contribution < -0.4 is 15.9 Å². The SMILES string of the molecule is CCCc1ccccc1C=NNc1ccc([NH+]([O-])O)cc1[NH+]([O-])O. The fraction of sp³-hybridized carbons (Fsp3) is 0.188. The van der Waals surface area contributed by atoms with Gasteiger partial charge in [-0.3, -0.25) is 5.43 Å². The quantitative estimate of drug-likeness (QED) is 0.381. The number of anilines is 1. The van der Waals surface area contributed by atoms with Crippen LogP contribution in [0, 0.1) is 10.4 Å². The molecule has 0 amide bonds. The maximum absolute atomic E-state index is 11.3. The molecule has 2 atom stereocenters. The molecule has 8 nitrogen and oxygen atoms in total. The number of aryl methyl sites for hydroxylation is 1. The molecule has 0 aliphatic heterocycles. The molecule has 2 unspecified atom stereocenters. The molecule has 0 aliphatic carbocycles. The molecule has 0 bridgehead atoms. The average Bonchev–Trinajstić information content (AvgIpc) is 2.56. The lowest BCUT2D eigenvalue weighted by Crippen LogP contribution is -3.00. The lowest BCUT2D eigenvalue weighted by Gasteiger charge is -2.18. The van der Waals surface area contributed by atoms with Gasteiger partial charge in [0.05, 0.1) is 12.3 Å². The zero-order valence-electron chi connectivity index (χ0n) is 13.2. The van der Waals surface area contributed by atoms with Crippen LogP contribution in [0.4, 0.5) is 17.1 Å². The highest BCUT2D eigenvalue weighted by molar-refractivity contribution is 5.82. The Kier molecular flexibility index (Phi) is 6.38. The summed E-state index contributed by atoms with van der Waals surface area (Å²) in [5.41, 5.74) is 4.78. The van der Waals surface area contributed by atoms with Gasteiger partial charge in [-0.15, -0.1) is 0 Å². The Morgan fingerprint density at radius 2 is 1.88 bits per heavy atom. The maximum atomic E-state index is 11.3. The monoisotopic (exact) mass is 332 g/mol. The van der Waals surface area contributed by atoms with Gasteiger partial charge in [0.2, 0.25) is 0 Å². The van der Waals surface area contributed by atoms with Gasteiger partial charge in [-0.2, -0.15) is 15.6 Å². The Morgan fingerprint density at radius 3 is 2.54 bits per heavy atom. The van der Waals surface area contributed by atoms with Crippen molar-refractivity contribution in [3.05, 3.63) is 64.0 Å². The van der Waals surface area contributed by atoms with Crippen LogP contribution in [0.5, 0.6) is 0 Å². The molecule has 2 aromatic carbocycles. The van der Waals surface area contributed by atoms with E-state index < -0.39 is 10.5 Å². The van der Waals surface area contributed by atoms with Crippen LogP contribution in [0.2, 0.25) is 0 Å². The molecule has 0 radical (unpaired) electrons. The maximum Gasteiger partial charge on any atom is 0.195 e. The number of nitrogens with one attached hydrogen (secondary N) is 3. The van der Waals surface area contributed by atoms with Crippen molar-refractivity contribution in [2.75, 3.05) is 5.43 Å². The van der Waals surface area contributed by atoms with Gasteiger partial charge in [0.15, 0.2) is 11.4 Å². The fourth-order valence-corrected chi connectivity index (χ4v) is 2.28. The van der Waals surface area contributed by atoms with Crippen LogP contribution in [0.3, 0.4) is 0 Å². The number of hydrazone groups is 1. The van der Waals surface area contributed by atoms with E-state index in [2.05, 4.69) is 17.5 Å². The molecule has 128 valence electrons. The first-order valence-corrected chi connectivity index (χ1v) is 7.50. The Hall–Kier alpha value is -2.33. The van der Waals surface area contributed by atoms with Gasteiger partial charge in [0.25, 0.3) is 0 Å². The molecule has 5 N–H and O–H groups in total. The molecule has 24 heavy (non-hydrogen) atoms. The van der Waals surface area contributed by atoms with Gasteiger partial charge >= 0.3 is 0 Å². The van der Waals surface area contributed by atoms with Crippen LogP contribution in [-0.2, 0) is 6.42 Å². The van der Waals surface area contributed by atoms with E-state index in [-0.39, 0.29) is 17.1 Å². The first-order valence-electron chi connectivity index (χ1n) is 7.50. The molecule has 0 fully saturated rings. The van der Waals surface area contributed by atoms with E-state index in [0.29, 0.717) is 0 Å². The highest BCUT2D eigenvalue weighted by Gasteiger charge is 2.13. The van der Waals surface area contributed by atoms with Crippen LogP contribution in [0.25, 0.3) is 0 Å². The van der Waals surface area contributed by atoms with Crippen molar-refractivity contribution in [2.45, 2.75) is 19.8 Å². The van der Waals surface area contributed by atoms with Crippen molar-refractivity contribution in [3.63, 3.8) is 0 Å². The second-order valence-corrected chi connectivity index (χ2v) is 5.19. The normalized spacial score (nSPS) is 13.9.